The second kappa shape index (κ2) is 7.31. The fourth-order valence-corrected chi connectivity index (χ4v) is 3.21. The average molecular weight is 345 g/mol. The number of carbonyl (C=O) groups excluding carboxylic acids is 1. The maximum atomic E-state index is 12.8. The van der Waals surface area contributed by atoms with E-state index in [-0.39, 0.29) is 11.9 Å². The van der Waals surface area contributed by atoms with E-state index >= 15 is 0 Å². The molecule has 1 fully saturated rings. The number of pyridine rings is 3. The molecule has 4 heterocycles. The molecule has 0 unspecified atom stereocenters. The zero-order valence-electron chi connectivity index (χ0n) is 14.2. The molecule has 4 rings (SSSR count). The summed E-state index contributed by atoms with van der Waals surface area (Å²) in [6.07, 6.45) is 7.06. The van der Waals surface area contributed by atoms with E-state index in [0.717, 1.165) is 36.6 Å². The van der Waals surface area contributed by atoms with Crippen molar-refractivity contribution in [2.75, 3.05) is 11.9 Å². The smallest absolute Gasteiger partial charge is 0.273 e. The predicted octanol–water partition coefficient (Wildman–Crippen LogP) is 3.59. The van der Waals surface area contributed by atoms with Gasteiger partial charge in [-0.1, -0.05) is 12.1 Å². The summed E-state index contributed by atoms with van der Waals surface area (Å²) < 4.78 is 0. The van der Waals surface area contributed by atoms with E-state index in [1.807, 2.05) is 47.4 Å². The number of nitrogens with one attached hydrogen (secondary N) is 1. The molecule has 0 saturated carbocycles. The molecule has 1 N–H and O–H groups in total. The number of carbonyl (C=O) groups is 1. The molecule has 130 valence electrons. The summed E-state index contributed by atoms with van der Waals surface area (Å²) in [6.45, 7) is 0.732. The Balaban J connectivity index is 1.50. The number of rotatable bonds is 4. The fraction of sp³-hybridized carbons (Fsp3) is 0.200. The molecule has 26 heavy (non-hydrogen) atoms. The number of hydrogen-bond acceptors (Lipinski definition) is 5. The van der Waals surface area contributed by atoms with Gasteiger partial charge in [-0.15, -0.1) is 0 Å². The zero-order valence-corrected chi connectivity index (χ0v) is 14.2. The lowest BCUT2D eigenvalue weighted by Crippen LogP contribution is -2.31. The number of nitrogens with zero attached hydrogens (tertiary/aromatic N) is 4. The van der Waals surface area contributed by atoms with Crippen molar-refractivity contribution >= 4 is 17.4 Å². The van der Waals surface area contributed by atoms with Gasteiger partial charge in [-0.05, 0) is 49.2 Å². The molecule has 1 aliphatic heterocycles. The van der Waals surface area contributed by atoms with Crippen LogP contribution in [0.3, 0.4) is 0 Å². The van der Waals surface area contributed by atoms with Crippen LogP contribution in [0.2, 0.25) is 0 Å². The Kier molecular flexibility index (Phi) is 4.55. The Labute approximate surface area is 151 Å². The van der Waals surface area contributed by atoms with Crippen LogP contribution in [0.5, 0.6) is 0 Å². The topological polar surface area (TPSA) is 71.0 Å². The van der Waals surface area contributed by atoms with Crippen LogP contribution in [-0.2, 0) is 0 Å². The van der Waals surface area contributed by atoms with Crippen molar-refractivity contribution in [3.8, 4) is 0 Å². The highest BCUT2D eigenvalue weighted by atomic mass is 16.2. The molecular weight excluding hydrogens is 326 g/mol. The van der Waals surface area contributed by atoms with E-state index in [0.29, 0.717) is 5.69 Å². The van der Waals surface area contributed by atoms with Crippen LogP contribution in [0, 0.1) is 0 Å². The van der Waals surface area contributed by atoms with Gasteiger partial charge in [0.05, 0.1) is 23.6 Å². The first-order valence-electron chi connectivity index (χ1n) is 8.67. The van der Waals surface area contributed by atoms with Gasteiger partial charge in [0, 0.05) is 18.9 Å². The molecule has 0 radical (unpaired) electrons. The van der Waals surface area contributed by atoms with Gasteiger partial charge in [0.1, 0.15) is 11.5 Å². The summed E-state index contributed by atoms with van der Waals surface area (Å²) in [5, 5.41) is 3.22. The van der Waals surface area contributed by atoms with Crippen molar-refractivity contribution in [2.45, 2.75) is 18.9 Å². The van der Waals surface area contributed by atoms with Crippen molar-refractivity contribution in [3.05, 3.63) is 78.5 Å². The van der Waals surface area contributed by atoms with Crippen molar-refractivity contribution in [1.29, 1.82) is 0 Å². The molecular formula is C20H19N5O. The van der Waals surface area contributed by atoms with Gasteiger partial charge >= 0.3 is 0 Å². The number of anilines is 2. The fourth-order valence-electron chi connectivity index (χ4n) is 3.21. The van der Waals surface area contributed by atoms with Crippen molar-refractivity contribution in [3.63, 3.8) is 0 Å². The third-order valence-corrected chi connectivity index (χ3v) is 4.46. The first-order valence-corrected chi connectivity index (χ1v) is 8.67. The summed E-state index contributed by atoms with van der Waals surface area (Å²) in [6, 6.07) is 15.0. The minimum atomic E-state index is -0.0365. The van der Waals surface area contributed by atoms with Gasteiger partial charge in [0.2, 0.25) is 0 Å². The van der Waals surface area contributed by atoms with Gasteiger partial charge in [0.15, 0.2) is 0 Å². The van der Waals surface area contributed by atoms with Crippen LogP contribution in [0.25, 0.3) is 0 Å². The van der Waals surface area contributed by atoms with Crippen LogP contribution in [0.15, 0.2) is 67.1 Å². The normalized spacial score (nSPS) is 16.5. The standard InChI is InChI=1S/C20H19N5O/c26-20(17-6-1-3-11-21-17)25-13-5-7-18(25)16-10-9-15(14-23-16)24-19-8-2-4-12-22-19/h1-4,6,8-12,14,18H,5,7,13H2,(H,22,24)/t18-/m0/s1. The molecule has 6 heteroatoms. The van der Waals surface area contributed by atoms with Gasteiger partial charge in [-0.3, -0.25) is 14.8 Å². The van der Waals surface area contributed by atoms with E-state index in [1.165, 1.54) is 0 Å². The Morgan fingerprint density at radius 1 is 1.00 bits per heavy atom. The molecule has 1 saturated heterocycles. The van der Waals surface area contributed by atoms with E-state index < -0.39 is 0 Å². The summed E-state index contributed by atoms with van der Waals surface area (Å²) >= 11 is 0. The summed E-state index contributed by atoms with van der Waals surface area (Å²) in [5.41, 5.74) is 2.25. The van der Waals surface area contributed by atoms with Crippen LogP contribution in [0.4, 0.5) is 11.5 Å². The molecule has 1 atom stereocenters. The Hall–Kier alpha value is -3.28. The minimum Gasteiger partial charge on any atom is -0.339 e. The van der Waals surface area contributed by atoms with Gasteiger partial charge in [-0.2, -0.15) is 0 Å². The van der Waals surface area contributed by atoms with E-state index in [9.17, 15) is 4.79 Å². The minimum absolute atomic E-state index is 0.00611. The van der Waals surface area contributed by atoms with Crippen LogP contribution < -0.4 is 5.32 Å². The maximum Gasteiger partial charge on any atom is 0.273 e. The lowest BCUT2D eigenvalue weighted by molar-refractivity contribution is 0.0727. The maximum absolute atomic E-state index is 12.8. The molecule has 0 bridgehead atoms. The third kappa shape index (κ3) is 3.39. The SMILES string of the molecule is O=C(c1ccccn1)N1CCC[C@H]1c1ccc(Nc2ccccn2)cn1. The Bertz CT molecular complexity index is 868. The Morgan fingerprint density at radius 2 is 1.85 bits per heavy atom. The number of aromatic nitrogens is 3. The third-order valence-electron chi connectivity index (χ3n) is 4.46. The summed E-state index contributed by atoms with van der Waals surface area (Å²) in [4.78, 5) is 27.6. The van der Waals surface area contributed by atoms with Crippen molar-refractivity contribution in [2.24, 2.45) is 0 Å². The number of likely N-dealkylation sites (tertiary alicyclic amines) is 1. The number of hydrogen-bond donors (Lipinski definition) is 1. The summed E-state index contributed by atoms with van der Waals surface area (Å²) in [5.74, 6) is 0.737. The first kappa shape index (κ1) is 16.2. The highest BCUT2D eigenvalue weighted by Gasteiger charge is 2.31. The second-order valence-electron chi connectivity index (χ2n) is 6.18. The van der Waals surface area contributed by atoms with Gasteiger partial charge in [-0.25, -0.2) is 4.98 Å². The molecule has 0 aromatic carbocycles. The van der Waals surface area contributed by atoms with Crippen molar-refractivity contribution < 1.29 is 4.79 Å². The first-order chi connectivity index (χ1) is 12.8. The van der Waals surface area contributed by atoms with Crippen LogP contribution in [0.1, 0.15) is 35.1 Å². The van der Waals surface area contributed by atoms with Gasteiger partial charge < -0.3 is 10.2 Å². The highest BCUT2D eigenvalue weighted by molar-refractivity contribution is 5.92. The average Bonchev–Trinajstić information content (AvgIpc) is 3.19. The lowest BCUT2D eigenvalue weighted by atomic mass is 10.1. The largest absolute Gasteiger partial charge is 0.339 e. The quantitative estimate of drug-likeness (QED) is 0.782. The second-order valence-corrected chi connectivity index (χ2v) is 6.18. The van der Waals surface area contributed by atoms with Gasteiger partial charge in [0.25, 0.3) is 5.91 Å². The Morgan fingerprint density at radius 3 is 2.54 bits per heavy atom. The molecule has 6 nitrogen and oxygen atoms in total. The molecule has 0 spiro atoms. The van der Waals surface area contributed by atoms with E-state index in [2.05, 4.69) is 20.3 Å². The van der Waals surface area contributed by atoms with Crippen molar-refractivity contribution in [1.82, 2.24) is 19.9 Å². The zero-order chi connectivity index (χ0) is 17.8. The molecule has 1 aliphatic rings. The monoisotopic (exact) mass is 345 g/mol. The highest BCUT2D eigenvalue weighted by Crippen LogP contribution is 2.32. The molecule has 3 aromatic heterocycles. The van der Waals surface area contributed by atoms with Crippen LogP contribution in [-0.4, -0.2) is 32.3 Å². The summed E-state index contributed by atoms with van der Waals surface area (Å²) in [7, 11) is 0. The number of amides is 1. The molecule has 0 aliphatic carbocycles. The van der Waals surface area contributed by atoms with E-state index in [4.69, 9.17) is 0 Å². The van der Waals surface area contributed by atoms with E-state index in [1.54, 1.807) is 24.7 Å². The lowest BCUT2D eigenvalue weighted by Gasteiger charge is -2.24. The molecule has 3 aromatic rings. The van der Waals surface area contributed by atoms with Crippen LogP contribution >= 0.6 is 0 Å². The predicted molar refractivity (Wildman–Crippen MR) is 99.0 cm³/mol. The molecule has 1 amide bonds.